The average Bonchev–Trinajstić information content (AvgIpc) is 2.78. The van der Waals surface area contributed by atoms with E-state index in [-0.39, 0.29) is 11.9 Å². The first-order chi connectivity index (χ1) is 15.5. The number of benzene rings is 2. The zero-order valence-electron chi connectivity index (χ0n) is 19.5. The van der Waals surface area contributed by atoms with Gasteiger partial charge in [0.05, 0.1) is 18.9 Å². The van der Waals surface area contributed by atoms with E-state index in [9.17, 15) is 9.59 Å². The van der Waals surface area contributed by atoms with Crippen LogP contribution in [0, 0.1) is 0 Å². The van der Waals surface area contributed by atoms with Crippen LogP contribution in [0.3, 0.4) is 0 Å². The van der Waals surface area contributed by atoms with Crippen LogP contribution in [0.4, 0.5) is 5.69 Å². The van der Waals surface area contributed by atoms with Crippen molar-refractivity contribution in [2.45, 2.75) is 59.3 Å². The van der Waals surface area contributed by atoms with Crippen molar-refractivity contribution in [2.75, 3.05) is 18.5 Å². The first kappa shape index (κ1) is 25.2. The first-order valence-electron chi connectivity index (χ1n) is 11.5. The van der Waals surface area contributed by atoms with E-state index < -0.39 is 0 Å². The molecule has 1 N–H and O–H groups in total. The zero-order chi connectivity index (χ0) is 23.2. The van der Waals surface area contributed by atoms with E-state index in [1.165, 1.54) is 24.8 Å². The number of para-hydroxylation sites is 2. The smallest absolute Gasteiger partial charge is 0.305 e. The number of unbranched alkanes of at least 4 members (excludes halogenated alkanes) is 2. The van der Waals surface area contributed by atoms with Crippen LogP contribution < -0.4 is 10.1 Å². The normalized spacial score (nSPS) is 11.2. The van der Waals surface area contributed by atoms with Crippen LogP contribution >= 0.6 is 0 Å². The highest BCUT2D eigenvalue weighted by Crippen LogP contribution is 2.24. The van der Waals surface area contributed by atoms with Crippen molar-refractivity contribution in [3.8, 4) is 5.75 Å². The Bertz CT molecular complexity index is 887. The number of esters is 1. The molecule has 0 fully saturated rings. The van der Waals surface area contributed by atoms with Gasteiger partial charge in [0.1, 0.15) is 5.75 Å². The van der Waals surface area contributed by atoms with E-state index in [1.54, 1.807) is 25.1 Å². The summed E-state index contributed by atoms with van der Waals surface area (Å²) in [6.07, 6.45) is 7.22. The molecule has 2 aromatic carbocycles. The van der Waals surface area contributed by atoms with E-state index in [1.807, 2.05) is 19.1 Å². The molecule has 5 nitrogen and oxygen atoms in total. The number of carbonyl (C=O) groups excluding carboxylic acids is 2. The second kappa shape index (κ2) is 14.1. The molecule has 0 radical (unpaired) electrons. The molecule has 0 unspecified atom stereocenters. The van der Waals surface area contributed by atoms with Gasteiger partial charge in [-0.05, 0) is 61.9 Å². The standard InChI is InChI=1S/C27H35NO4/c1-4-6-7-11-22-15-17-23(18-16-22)21(3)20-26(29)28-24-12-8-9-13-25(24)32-19-10-14-27(30)31-5-2/h8-9,12-13,15-18,20H,4-7,10-11,14,19H2,1-3H3,(H,28,29)/b21-20+. The summed E-state index contributed by atoms with van der Waals surface area (Å²) in [6, 6.07) is 15.7. The van der Waals surface area contributed by atoms with Gasteiger partial charge in [-0.2, -0.15) is 0 Å². The maximum Gasteiger partial charge on any atom is 0.305 e. The summed E-state index contributed by atoms with van der Waals surface area (Å²) in [5, 5.41) is 2.89. The molecule has 0 bridgehead atoms. The van der Waals surface area contributed by atoms with Crippen LogP contribution in [0.15, 0.2) is 54.6 Å². The fourth-order valence-corrected chi connectivity index (χ4v) is 3.29. The highest BCUT2D eigenvalue weighted by molar-refractivity contribution is 6.04. The molecule has 32 heavy (non-hydrogen) atoms. The molecule has 0 saturated heterocycles. The van der Waals surface area contributed by atoms with E-state index in [0.717, 1.165) is 17.6 Å². The summed E-state index contributed by atoms with van der Waals surface area (Å²) in [4.78, 5) is 24.0. The Morgan fingerprint density at radius 3 is 2.44 bits per heavy atom. The number of rotatable bonds is 13. The molecular weight excluding hydrogens is 402 g/mol. The highest BCUT2D eigenvalue weighted by Gasteiger charge is 2.08. The van der Waals surface area contributed by atoms with Gasteiger partial charge in [0, 0.05) is 12.5 Å². The lowest BCUT2D eigenvalue weighted by Crippen LogP contribution is -2.11. The van der Waals surface area contributed by atoms with E-state index in [4.69, 9.17) is 9.47 Å². The lowest BCUT2D eigenvalue weighted by Gasteiger charge is -2.12. The summed E-state index contributed by atoms with van der Waals surface area (Å²) in [5.74, 6) is 0.136. The van der Waals surface area contributed by atoms with Gasteiger partial charge >= 0.3 is 5.97 Å². The number of carbonyl (C=O) groups is 2. The van der Waals surface area contributed by atoms with Crippen LogP contribution in [0.2, 0.25) is 0 Å². The molecule has 172 valence electrons. The number of anilines is 1. The molecule has 5 heteroatoms. The Morgan fingerprint density at radius 2 is 1.72 bits per heavy atom. The molecule has 0 heterocycles. The predicted molar refractivity (Wildman–Crippen MR) is 130 cm³/mol. The molecule has 0 aliphatic rings. The van der Waals surface area contributed by atoms with Crippen LogP contribution in [-0.4, -0.2) is 25.1 Å². The monoisotopic (exact) mass is 437 g/mol. The Labute approximate surface area is 191 Å². The Kier molecular flexibility index (Phi) is 11.1. The third kappa shape index (κ3) is 8.96. The van der Waals surface area contributed by atoms with Crippen molar-refractivity contribution in [3.05, 3.63) is 65.7 Å². The van der Waals surface area contributed by atoms with Crippen LogP contribution in [0.1, 0.15) is 64.0 Å². The van der Waals surface area contributed by atoms with E-state index >= 15 is 0 Å². The SMILES string of the molecule is CCCCCc1ccc(/C(C)=C/C(=O)Nc2ccccc2OCCCC(=O)OCC)cc1. The van der Waals surface area contributed by atoms with Crippen molar-refractivity contribution in [1.29, 1.82) is 0 Å². The Hall–Kier alpha value is -3.08. The minimum absolute atomic E-state index is 0.211. The van der Waals surface area contributed by atoms with Gasteiger partial charge in [-0.25, -0.2) is 0 Å². The molecule has 0 saturated carbocycles. The number of ether oxygens (including phenoxy) is 2. The zero-order valence-corrected chi connectivity index (χ0v) is 19.5. The molecule has 2 aromatic rings. The first-order valence-corrected chi connectivity index (χ1v) is 11.5. The number of allylic oxidation sites excluding steroid dienone is 1. The second-order valence-electron chi connectivity index (χ2n) is 7.72. The van der Waals surface area contributed by atoms with Crippen molar-refractivity contribution >= 4 is 23.1 Å². The van der Waals surface area contributed by atoms with Crippen LogP contribution in [-0.2, 0) is 20.7 Å². The third-order valence-corrected chi connectivity index (χ3v) is 5.06. The van der Waals surface area contributed by atoms with Gasteiger partial charge in [0.15, 0.2) is 0 Å². The molecule has 2 rings (SSSR count). The summed E-state index contributed by atoms with van der Waals surface area (Å²) in [5.41, 5.74) is 3.86. The van der Waals surface area contributed by atoms with Crippen molar-refractivity contribution in [1.82, 2.24) is 0 Å². The molecule has 1 amide bonds. The maximum atomic E-state index is 12.6. The van der Waals surface area contributed by atoms with E-state index in [2.05, 4.69) is 36.5 Å². The fourth-order valence-electron chi connectivity index (χ4n) is 3.29. The number of hydrogen-bond acceptors (Lipinski definition) is 4. The van der Waals surface area contributed by atoms with Crippen LogP contribution in [0.25, 0.3) is 5.57 Å². The van der Waals surface area contributed by atoms with Crippen molar-refractivity contribution < 1.29 is 19.1 Å². The van der Waals surface area contributed by atoms with Crippen molar-refractivity contribution in [2.24, 2.45) is 0 Å². The Balaban J connectivity index is 1.91. The lowest BCUT2D eigenvalue weighted by molar-refractivity contribution is -0.143. The average molecular weight is 438 g/mol. The molecule has 0 atom stereocenters. The lowest BCUT2D eigenvalue weighted by atomic mass is 10.0. The van der Waals surface area contributed by atoms with Gasteiger partial charge in [0.2, 0.25) is 5.91 Å². The molecule has 0 aromatic heterocycles. The Morgan fingerprint density at radius 1 is 0.969 bits per heavy atom. The van der Waals surface area contributed by atoms with Crippen molar-refractivity contribution in [3.63, 3.8) is 0 Å². The molecule has 0 spiro atoms. The minimum Gasteiger partial charge on any atom is -0.491 e. The third-order valence-electron chi connectivity index (χ3n) is 5.06. The largest absolute Gasteiger partial charge is 0.491 e. The highest BCUT2D eigenvalue weighted by atomic mass is 16.5. The predicted octanol–water partition coefficient (Wildman–Crippen LogP) is 6.18. The minimum atomic E-state index is -0.229. The number of amides is 1. The summed E-state index contributed by atoms with van der Waals surface area (Å²) >= 11 is 0. The fraction of sp³-hybridized carbons (Fsp3) is 0.407. The molecular formula is C27H35NO4. The number of aryl methyl sites for hydroxylation is 1. The summed E-state index contributed by atoms with van der Waals surface area (Å²) in [7, 11) is 0. The van der Waals surface area contributed by atoms with Gasteiger partial charge in [-0.1, -0.05) is 56.2 Å². The summed E-state index contributed by atoms with van der Waals surface area (Å²) in [6.45, 7) is 6.67. The van der Waals surface area contributed by atoms with Gasteiger partial charge in [-0.15, -0.1) is 0 Å². The number of hydrogen-bond donors (Lipinski definition) is 1. The quantitative estimate of drug-likeness (QED) is 0.231. The number of nitrogens with one attached hydrogen (secondary N) is 1. The topological polar surface area (TPSA) is 64.6 Å². The second-order valence-corrected chi connectivity index (χ2v) is 7.72. The van der Waals surface area contributed by atoms with E-state index in [0.29, 0.717) is 37.5 Å². The van der Waals surface area contributed by atoms with Gasteiger partial charge in [-0.3, -0.25) is 9.59 Å². The molecule has 0 aliphatic carbocycles. The van der Waals surface area contributed by atoms with Crippen LogP contribution in [0.5, 0.6) is 5.75 Å². The van der Waals surface area contributed by atoms with Gasteiger partial charge in [0.25, 0.3) is 0 Å². The molecule has 0 aliphatic heterocycles. The van der Waals surface area contributed by atoms with Gasteiger partial charge < -0.3 is 14.8 Å². The maximum absolute atomic E-state index is 12.6. The summed E-state index contributed by atoms with van der Waals surface area (Å²) < 4.78 is 10.7.